The van der Waals surface area contributed by atoms with Crippen molar-refractivity contribution in [3.63, 3.8) is 0 Å². The van der Waals surface area contributed by atoms with Gasteiger partial charge in [0.05, 0.1) is 13.2 Å². The molecule has 1 aliphatic carbocycles. The molecular formula is C23H30O. The molecule has 0 amide bonds. The zero-order valence-corrected chi connectivity index (χ0v) is 15.1. The van der Waals surface area contributed by atoms with Gasteiger partial charge in [-0.15, -0.1) is 0 Å². The van der Waals surface area contributed by atoms with Gasteiger partial charge in [-0.1, -0.05) is 55.2 Å². The van der Waals surface area contributed by atoms with Crippen LogP contribution in [-0.2, 0) is 11.3 Å². The summed E-state index contributed by atoms with van der Waals surface area (Å²) in [6, 6.07) is 8.46. The van der Waals surface area contributed by atoms with Crippen molar-refractivity contribution in [1.29, 1.82) is 0 Å². The van der Waals surface area contributed by atoms with Gasteiger partial charge < -0.3 is 4.74 Å². The van der Waals surface area contributed by atoms with Crippen molar-refractivity contribution in [2.45, 2.75) is 52.6 Å². The Kier molecular flexibility index (Phi) is 8.42. The second-order valence-electron chi connectivity index (χ2n) is 6.50. The third-order valence-electron chi connectivity index (χ3n) is 4.50. The maximum absolute atomic E-state index is 5.62. The lowest BCUT2D eigenvalue weighted by atomic mass is 9.82. The Morgan fingerprint density at radius 2 is 1.83 bits per heavy atom. The van der Waals surface area contributed by atoms with E-state index in [0.29, 0.717) is 19.1 Å². The molecule has 0 spiro atoms. The molecule has 0 radical (unpaired) electrons. The van der Waals surface area contributed by atoms with E-state index in [0.717, 1.165) is 17.9 Å². The summed E-state index contributed by atoms with van der Waals surface area (Å²) in [5.74, 6) is 8.17. The van der Waals surface area contributed by atoms with E-state index in [4.69, 9.17) is 4.74 Å². The van der Waals surface area contributed by atoms with Crippen LogP contribution in [0.1, 0.15) is 57.1 Å². The summed E-state index contributed by atoms with van der Waals surface area (Å²) in [7, 11) is 0. The van der Waals surface area contributed by atoms with E-state index in [1.165, 1.54) is 31.2 Å². The lowest BCUT2D eigenvalue weighted by Crippen LogP contribution is -2.11. The molecule has 2 rings (SSSR count). The van der Waals surface area contributed by atoms with Crippen LogP contribution in [0.5, 0.6) is 0 Å². The lowest BCUT2D eigenvalue weighted by molar-refractivity contribution is 0.148. The molecular weight excluding hydrogens is 292 g/mol. The second kappa shape index (κ2) is 10.9. The summed E-state index contributed by atoms with van der Waals surface area (Å²) < 4.78 is 5.62. The van der Waals surface area contributed by atoms with E-state index in [-0.39, 0.29) is 0 Å². The number of hydrogen-bond donors (Lipinski definition) is 0. The lowest BCUT2D eigenvalue weighted by Gasteiger charge is -2.22. The third kappa shape index (κ3) is 6.77. The SMILES string of the molecule is C/C=C\C1CCC(C#Cc2ccc(COC/C=C/CC)cc2)CC1. The van der Waals surface area contributed by atoms with Crippen molar-refractivity contribution < 1.29 is 4.74 Å². The number of benzene rings is 1. The molecule has 1 saturated carbocycles. The molecule has 24 heavy (non-hydrogen) atoms. The monoisotopic (exact) mass is 322 g/mol. The quantitative estimate of drug-likeness (QED) is 0.360. The van der Waals surface area contributed by atoms with Gasteiger partial charge in [-0.25, -0.2) is 0 Å². The van der Waals surface area contributed by atoms with Crippen LogP contribution >= 0.6 is 0 Å². The fraction of sp³-hybridized carbons (Fsp3) is 0.478. The van der Waals surface area contributed by atoms with Crippen LogP contribution in [0.25, 0.3) is 0 Å². The van der Waals surface area contributed by atoms with Gasteiger partial charge in [-0.2, -0.15) is 0 Å². The Morgan fingerprint density at radius 3 is 2.50 bits per heavy atom. The minimum atomic E-state index is 0.569. The highest BCUT2D eigenvalue weighted by Crippen LogP contribution is 2.29. The Labute approximate surface area is 147 Å². The van der Waals surface area contributed by atoms with Gasteiger partial charge in [0.1, 0.15) is 0 Å². The Hall–Kier alpha value is -1.78. The molecule has 0 aliphatic heterocycles. The summed E-state index contributed by atoms with van der Waals surface area (Å²) in [6.07, 6.45) is 14.8. The summed E-state index contributed by atoms with van der Waals surface area (Å²) >= 11 is 0. The average Bonchev–Trinajstić information content (AvgIpc) is 2.62. The van der Waals surface area contributed by atoms with Crippen LogP contribution in [0.3, 0.4) is 0 Å². The normalized spacial score (nSPS) is 21.1. The van der Waals surface area contributed by atoms with Crippen LogP contribution in [0.4, 0.5) is 0 Å². The average molecular weight is 322 g/mol. The van der Waals surface area contributed by atoms with Crippen LogP contribution in [-0.4, -0.2) is 6.61 Å². The Balaban J connectivity index is 1.77. The Bertz CT molecular complexity index is 575. The molecule has 0 atom stereocenters. The standard InChI is InChI=1S/C23H30O/c1-3-5-6-18-24-19-23-16-14-22(15-17-23)13-12-21-10-8-20(7-4-2)9-11-21/h4-7,14-17,20-21H,3,8-11,18-19H2,1-2H3/b6-5+,7-4-. The van der Waals surface area contributed by atoms with Gasteiger partial charge in [0.25, 0.3) is 0 Å². The molecule has 0 bridgehead atoms. The highest BCUT2D eigenvalue weighted by molar-refractivity contribution is 5.36. The molecule has 0 heterocycles. The number of ether oxygens (including phenoxy) is 1. The predicted molar refractivity (Wildman–Crippen MR) is 103 cm³/mol. The van der Waals surface area contributed by atoms with E-state index in [1.54, 1.807) is 0 Å². The summed E-state index contributed by atoms with van der Waals surface area (Å²) in [5, 5.41) is 0. The molecule has 1 aromatic rings. The molecule has 128 valence electrons. The van der Waals surface area contributed by atoms with Gasteiger partial charge >= 0.3 is 0 Å². The highest BCUT2D eigenvalue weighted by Gasteiger charge is 2.17. The van der Waals surface area contributed by atoms with Crippen LogP contribution in [0, 0.1) is 23.7 Å². The predicted octanol–water partition coefficient (Wildman–Crippen LogP) is 5.90. The fourth-order valence-corrected chi connectivity index (χ4v) is 3.08. The maximum atomic E-state index is 5.62. The van der Waals surface area contributed by atoms with Crippen LogP contribution < -0.4 is 0 Å². The smallest absolute Gasteiger partial charge is 0.0721 e. The van der Waals surface area contributed by atoms with Crippen molar-refractivity contribution in [1.82, 2.24) is 0 Å². The first-order chi connectivity index (χ1) is 11.8. The van der Waals surface area contributed by atoms with Crippen molar-refractivity contribution in [2.24, 2.45) is 11.8 Å². The van der Waals surface area contributed by atoms with E-state index in [9.17, 15) is 0 Å². The van der Waals surface area contributed by atoms with E-state index in [1.807, 2.05) is 0 Å². The molecule has 0 N–H and O–H groups in total. The van der Waals surface area contributed by atoms with Crippen LogP contribution in [0.2, 0.25) is 0 Å². The second-order valence-corrected chi connectivity index (χ2v) is 6.50. The molecule has 0 aromatic heterocycles. The van der Waals surface area contributed by atoms with Crippen LogP contribution in [0.15, 0.2) is 48.6 Å². The number of allylic oxidation sites excluding steroid dienone is 3. The first-order valence-corrected chi connectivity index (χ1v) is 9.27. The zero-order chi connectivity index (χ0) is 17.0. The van der Waals surface area contributed by atoms with Gasteiger partial charge in [0.2, 0.25) is 0 Å². The number of hydrogen-bond acceptors (Lipinski definition) is 1. The molecule has 0 unspecified atom stereocenters. The third-order valence-corrected chi connectivity index (χ3v) is 4.50. The summed E-state index contributed by atoms with van der Waals surface area (Å²) in [5.41, 5.74) is 2.32. The maximum Gasteiger partial charge on any atom is 0.0721 e. The van der Waals surface area contributed by atoms with E-state index < -0.39 is 0 Å². The minimum absolute atomic E-state index is 0.569. The molecule has 1 heteroatoms. The van der Waals surface area contributed by atoms with Gasteiger partial charge in [0.15, 0.2) is 0 Å². The van der Waals surface area contributed by atoms with E-state index in [2.05, 4.69) is 74.3 Å². The molecule has 0 saturated heterocycles. The van der Waals surface area contributed by atoms with Crippen molar-refractivity contribution in [2.75, 3.05) is 6.61 Å². The molecule has 1 nitrogen and oxygen atoms in total. The van der Waals surface area contributed by atoms with Crippen molar-refractivity contribution >= 4 is 0 Å². The summed E-state index contributed by atoms with van der Waals surface area (Å²) in [6.45, 7) is 5.59. The zero-order valence-electron chi connectivity index (χ0n) is 15.1. The first kappa shape index (κ1) is 18.6. The fourth-order valence-electron chi connectivity index (χ4n) is 3.08. The minimum Gasteiger partial charge on any atom is -0.373 e. The summed E-state index contributed by atoms with van der Waals surface area (Å²) in [4.78, 5) is 0. The molecule has 1 aliphatic rings. The van der Waals surface area contributed by atoms with Gasteiger partial charge in [0, 0.05) is 11.5 Å². The highest BCUT2D eigenvalue weighted by atomic mass is 16.5. The topological polar surface area (TPSA) is 9.23 Å². The molecule has 1 aromatic carbocycles. The van der Waals surface area contributed by atoms with Crippen molar-refractivity contribution in [3.05, 3.63) is 59.7 Å². The first-order valence-electron chi connectivity index (χ1n) is 9.27. The number of rotatable bonds is 6. The Morgan fingerprint density at radius 1 is 1.08 bits per heavy atom. The van der Waals surface area contributed by atoms with Crippen molar-refractivity contribution in [3.8, 4) is 11.8 Å². The van der Waals surface area contributed by atoms with Gasteiger partial charge in [-0.3, -0.25) is 0 Å². The largest absolute Gasteiger partial charge is 0.373 e. The van der Waals surface area contributed by atoms with Gasteiger partial charge in [-0.05, 0) is 62.6 Å². The molecule has 1 fully saturated rings. The van der Waals surface area contributed by atoms with E-state index >= 15 is 0 Å².